The molecule has 3 rings (SSSR count). The molecule has 2 aromatic heterocycles. The number of rotatable bonds is 2. The van der Waals surface area contributed by atoms with Crippen LogP contribution in [0.5, 0.6) is 0 Å². The van der Waals surface area contributed by atoms with Gasteiger partial charge in [0.05, 0.1) is 10.2 Å². The summed E-state index contributed by atoms with van der Waals surface area (Å²) in [6.45, 7) is 0. The van der Waals surface area contributed by atoms with Gasteiger partial charge in [-0.15, -0.1) is 11.3 Å². The monoisotopic (exact) mass is 287 g/mol. The van der Waals surface area contributed by atoms with E-state index in [1.807, 2.05) is 18.2 Å². The van der Waals surface area contributed by atoms with E-state index in [2.05, 4.69) is 15.3 Å². The van der Waals surface area contributed by atoms with Crippen molar-refractivity contribution in [1.29, 1.82) is 0 Å². The Balaban J connectivity index is 1.89. The number of nitrogens with zero attached hydrogens (tertiary/aromatic N) is 1. The number of aromatic nitrogens is 2. The van der Waals surface area contributed by atoms with Crippen molar-refractivity contribution in [2.45, 2.75) is 0 Å². The van der Waals surface area contributed by atoms with Gasteiger partial charge in [-0.1, -0.05) is 0 Å². The van der Waals surface area contributed by atoms with Gasteiger partial charge in [-0.3, -0.25) is 9.78 Å². The van der Waals surface area contributed by atoms with Crippen LogP contribution in [0.1, 0.15) is 10.4 Å². The van der Waals surface area contributed by atoms with Crippen LogP contribution in [0.4, 0.5) is 5.69 Å². The number of hydrogen-bond donors (Lipinski definition) is 2. The molecule has 94 valence electrons. The molecule has 2 heterocycles. The Kier molecular flexibility index (Phi) is 3.10. The highest BCUT2D eigenvalue weighted by atomic mass is 32.1. The lowest BCUT2D eigenvalue weighted by molar-refractivity contribution is 0.102. The first-order valence-corrected chi connectivity index (χ1v) is 6.79. The van der Waals surface area contributed by atoms with Crippen molar-refractivity contribution in [2.75, 3.05) is 5.32 Å². The van der Waals surface area contributed by atoms with Crippen molar-refractivity contribution in [3.8, 4) is 0 Å². The number of aromatic amines is 1. The number of anilines is 1. The summed E-state index contributed by atoms with van der Waals surface area (Å²) < 4.78 is 1.75. The number of carbonyl (C=O) groups is 1. The Bertz CT molecular complexity index is 792. The molecule has 0 saturated carbocycles. The smallest absolute Gasteiger partial charge is 0.255 e. The molecule has 0 spiro atoms. The van der Waals surface area contributed by atoms with Gasteiger partial charge in [0, 0.05) is 23.6 Å². The molecule has 4 nitrogen and oxygen atoms in total. The van der Waals surface area contributed by atoms with E-state index in [9.17, 15) is 4.79 Å². The van der Waals surface area contributed by atoms with Crippen LogP contribution in [0.3, 0.4) is 0 Å². The second-order valence-electron chi connectivity index (χ2n) is 3.92. The molecule has 0 bridgehead atoms. The molecule has 2 N–H and O–H groups in total. The van der Waals surface area contributed by atoms with Gasteiger partial charge in [-0.2, -0.15) is 0 Å². The van der Waals surface area contributed by atoms with Crippen LogP contribution in [-0.2, 0) is 0 Å². The topological polar surface area (TPSA) is 57.8 Å². The van der Waals surface area contributed by atoms with Crippen LogP contribution in [-0.4, -0.2) is 15.9 Å². The summed E-state index contributed by atoms with van der Waals surface area (Å²) in [5, 5.41) is 2.85. The van der Waals surface area contributed by atoms with E-state index in [1.165, 1.54) is 11.3 Å². The third kappa shape index (κ3) is 2.54. The van der Waals surface area contributed by atoms with Crippen LogP contribution in [0, 0.1) is 3.95 Å². The Labute approximate surface area is 118 Å². The van der Waals surface area contributed by atoms with Crippen molar-refractivity contribution in [3.05, 3.63) is 52.2 Å². The maximum absolute atomic E-state index is 12.0. The van der Waals surface area contributed by atoms with Gasteiger partial charge in [-0.25, -0.2) is 0 Å². The van der Waals surface area contributed by atoms with E-state index in [4.69, 9.17) is 12.2 Å². The minimum atomic E-state index is -0.152. The van der Waals surface area contributed by atoms with Crippen LogP contribution < -0.4 is 5.32 Å². The third-order valence-corrected chi connectivity index (χ3v) is 3.82. The maximum Gasteiger partial charge on any atom is 0.255 e. The number of pyridine rings is 1. The SMILES string of the molecule is O=C(Nc1ccc2[nH]c(=S)sc2c1)c1ccncc1. The standard InChI is InChI=1S/C13H9N3OS2/c17-12(8-3-5-14-6-4-8)15-9-1-2-10-11(7-9)19-13(18)16-10/h1-7H,(H,15,17)(H,16,18). The van der Waals surface area contributed by atoms with Crippen LogP contribution in [0.15, 0.2) is 42.7 Å². The average molecular weight is 287 g/mol. The minimum absolute atomic E-state index is 0.152. The van der Waals surface area contributed by atoms with Crippen molar-refractivity contribution >= 4 is 45.4 Å². The third-order valence-electron chi connectivity index (χ3n) is 2.62. The molecule has 0 atom stereocenters. The minimum Gasteiger partial charge on any atom is -0.337 e. The van der Waals surface area contributed by atoms with Gasteiger partial charge in [0.15, 0.2) is 3.95 Å². The summed E-state index contributed by atoms with van der Waals surface area (Å²) in [5.74, 6) is -0.152. The van der Waals surface area contributed by atoms with Crippen molar-refractivity contribution in [2.24, 2.45) is 0 Å². The molecule has 1 amide bonds. The van der Waals surface area contributed by atoms with E-state index in [0.717, 1.165) is 19.9 Å². The number of fused-ring (bicyclic) bond motifs is 1. The second kappa shape index (κ2) is 4.91. The molecule has 0 aliphatic heterocycles. The molecule has 0 radical (unpaired) electrons. The molecule has 19 heavy (non-hydrogen) atoms. The lowest BCUT2D eigenvalue weighted by Gasteiger charge is -2.04. The zero-order chi connectivity index (χ0) is 13.2. The first-order chi connectivity index (χ1) is 9.22. The Morgan fingerprint density at radius 2 is 2.05 bits per heavy atom. The Morgan fingerprint density at radius 3 is 2.84 bits per heavy atom. The fourth-order valence-electron chi connectivity index (χ4n) is 1.73. The summed E-state index contributed by atoms with van der Waals surface area (Å²) >= 11 is 6.58. The summed E-state index contributed by atoms with van der Waals surface area (Å²) in [5.41, 5.74) is 2.31. The molecule has 0 saturated heterocycles. The summed E-state index contributed by atoms with van der Waals surface area (Å²) in [4.78, 5) is 19.0. The zero-order valence-corrected chi connectivity index (χ0v) is 11.3. The molecule has 0 fully saturated rings. The van der Waals surface area contributed by atoms with Gasteiger partial charge in [0.1, 0.15) is 0 Å². The molecular formula is C13H9N3OS2. The number of H-pyrrole nitrogens is 1. The van der Waals surface area contributed by atoms with E-state index >= 15 is 0 Å². The average Bonchev–Trinajstić information content (AvgIpc) is 2.79. The molecule has 0 aliphatic carbocycles. The van der Waals surface area contributed by atoms with Crippen molar-refractivity contribution in [3.63, 3.8) is 0 Å². The van der Waals surface area contributed by atoms with Crippen LogP contribution in [0.2, 0.25) is 0 Å². The lowest BCUT2D eigenvalue weighted by atomic mass is 10.2. The predicted molar refractivity (Wildman–Crippen MR) is 79.2 cm³/mol. The summed E-state index contributed by atoms with van der Waals surface area (Å²) in [7, 11) is 0. The highest BCUT2D eigenvalue weighted by Crippen LogP contribution is 2.23. The number of hydrogen-bond acceptors (Lipinski definition) is 4. The molecule has 0 aliphatic rings. The van der Waals surface area contributed by atoms with E-state index < -0.39 is 0 Å². The molecule has 1 aromatic carbocycles. The van der Waals surface area contributed by atoms with Crippen LogP contribution in [0.25, 0.3) is 10.2 Å². The van der Waals surface area contributed by atoms with Gasteiger partial charge >= 0.3 is 0 Å². The highest BCUT2D eigenvalue weighted by molar-refractivity contribution is 7.73. The van der Waals surface area contributed by atoms with Crippen LogP contribution >= 0.6 is 23.6 Å². The Morgan fingerprint density at radius 1 is 1.26 bits per heavy atom. The second-order valence-corrected chi connectivity index (χ2v) is 5.63. The predicted octanol–water partition coefficient (Wildman–Crippen LogP) is 3.61. The number of thiazole rings is 1. The highest BCUT2D eigenvalue weighted by Gasteiger charge is 2.06. The molecular weight excluding hydrogens is 278 g/mol. The van der Waals surface area contributed by atoms with Gasteiger partial charge in [0.2, 0.25) is 0 Å². The molecule has 3 aromatic rings. The number of benzene rings is 1. The number of nitrogens with one attached hydrogen (secondary N) is 2. The zero-order valence-electron chi connectivity index (χ0n) is 9.71. The van der Waals surface area contributed by atoms with E-state index in [-0.39, 0.29) is 5.91 Å². The molecule has 6 heteroatoms. The van der Waals surface area contributed by atoms with E-state index in [1.54, 1.807) is 24.5 Å². The Hall–Kier alpha value is -2.05. The fraction of sp³-hybridized carbons (Fsp3) is 0. The number of carbonyl (C=O) groups excluding carboxylic acids is 1. The fourth-order valence-corrected chi connectivity index (χ4v) is 2.88. The normalized spacial score (nSPS) is 10.5. The summed E-state index contributed by atoms with van der Waals surface area (Å²) in [6, 6.07) is 9.01. The first-order valence-electron chi connectivity index (χ1n) is 5.56. The van der Waals surface area contributed by atoms with Gasteiger partial charge < -0.3 is 10.3 Å². The number of amides is 1. The van der Waals surface area contributed by atoms with Gasteiger partial charge in [0.25, 0.3) is 5.91 Å². The first kappa shape index (κ1) is 12.0. The largest absolute Gasteiger partial charge is 0.337 e. The maximum atomic E-state index is 12.0. The lowest BCUT2D eigenvalue weighted by Crippen LogP contribution is -2.11. The van der Waals surface area contributed by atoms with Crippen molar-refractivity contribution in [1.82, 2.24) is 9.97 Å². The van der Waals surface area contributed by atoms with Gasteiger partial charge in [-0.05, 0) is 42.5 Å². The van der Waals surface area contributed by atoms with E-state index in [0.29, 0.717) is 5.56 Å². The van der Waals surface area contributed by atoms with Crippen molar-refractivity contribution < 1.29 is 4.79 Å². The summed E-state index contributed by atoms with van der Waals surface area (Å²) in [6.07, 6.45) is 3.19. The molecule has 0 unspecified atom stereocenters. The quantitative estimate of drug-likeness (QED) is 0.708.